The van der Waals surface area contributed by atoms with Gasteiger partial charge in [-0.2, -0.15) is 18.6 Å². The third-order valence-electron chi connectivity index (χ3n) is 7.64. The van der Waals surface area contributed by atoms with E-state index in [0.29, 0.717) is 22.5 Å². The monoisotopic (exact) mass is 720 g/mol. The van der Waals surface area contributed by atoms with E-state index in [4.69, 9.17) is 10.2 Å². The summed E-state index contributed by atoms with van der Waals surface area (Å²) in [5.41, 5.74) is 6.95. The lowest BCUT2D eigenvalue weighted by molar-refractivity contribution is 0.0686. The maximum absolute atomic E-state index is 13.3. The van der Waals surface area contributed by atoms with Crippen molar-refractivity contribution in [1.29, 1.82) is 0 Å². The van der Waals surface area contributed by atoms with Gasteiger partial charge in [0.25, 0.3) is 10.1 Å². The van der Waals surface area contributed by atoms with Gasteiger partial charge in [-0.1, -0.05) is 6.08 Å². The Kier molecular flexibility index (Phi) is 9.28. The summed E-state index contributed by atoms with van der Waals surface area (Å²) in [4.78, 5) is 60.5. The summed E-state index contributed by atoms with van der Waals surface area (Å²) in [5.74, 6) is -3.46. The molecule has 2 aliphatic carbocycles. The minimum atomic E-state index is -4.95. The molecule has 7 N–H and O–H groups in total. The van der Waals surface area contributed by atoms with Gasteiger partial charge in [-0.15, -0.1) is 0 Å². The van der Waals surface area contributed by atoms with Crippen LogP contribution in [0.5, 0.6) is 0 Å². The van der Waals surface area contributed by atoms with Crippen molar-refractivity contribution in [3.8, 4) is 0 Å². The number of hydrazone groups is 2. The highest BCUT2D eigenvalue weighted by Crippen LogP contribution is 2.29. The second-order valence-electron chi connectivity index (χ2n) is 11.1. The maximum Gasteiger partial charge on any atom is 0.335 e. The number of carbonyl (C=O) groups excluding carboxylic acids is 3. The van der Waals surface area contributed by atoms with Crippen LogP contribution in [0.3, 0.4) is 0 Å². The molecule has 260 valence electrons. The molecule has 4 aromatic carbocycles. The zero-order valence-corrected chi connectivity index (χ0v) is 27.1. The number of carboxylic acids is 2. The van der Waals surface area contributed by atoms with Crippen LogP contribution in [0.15, 0.2) is 106 Å². The third kappa shape index (κ3) is 7.49. The quantitative estimate of drug-likeness (QED) is 0.0859. The highest BCUT2D eigenvalue weighted by molar-refractivity contribution is 7.91. The van der Waals surface area contributed by atoms with Crippen LogP contribution in [0.4, 0.5) is 27.5 Å². The number of nitrogens with one attached hydrogen (secondary N) is 4. The van der Waals surface area contributed by atoms with E-state index in [-0.39, 0.29) is 45.1 Å². The number of hydrogen-bond donors (Lipinski definition) is 7. The number of fused-ring (bicyclic) bond motifs is 2. The molecule has 0 saturated heterocycles. The van der Waals surface area contributed by atoms with Crippen molar-refractivity contribution in [3.05, 3.63) is 129 Å². The maximum atomic E-state index is 13.3. The van der Waals surface area contributed by atoms with Gasteiger partial charge in [0.05, 0.1) is 22.5 Å². The van der Waals surface area contributed by atoms with Crippen LogP contribution >= 0.6 is 0 Å². The van der Waals surface area contributed by atoms with Crippen molar-refractivity contribution >= 4 is 86.0 Å². The van der Waals surface area contributed by atoms with Crippen molar-refractivity contribution in [2.24, 2.45) is 10.2 Å². The van der Waals surface area contributed by atoms with Crippen molar-refractivity contribution in [2.45, 2.75) is 0 Å². The van der Waals surface area contributed by atoms with Gasteiger partial charge in [0, 0.05) is 22.5 Å². The second-order valence-corrected chi connectivity index (χ2v) is 12.5. The molecular weight excluding hydrogens is 696 g/mol. The highest BCUT2D eigenvalue weighted by atomic mass is 32.2. The zero-order valence-electron chi connectivity index (χ0n) is 26.3. The van der Waals surface area contributed by atoms with Crippen molar-refractivity contribution < 1.29 is 47.2 Å². The number of anilines is 4. The number of amides is 2. The third-order valence-corrected chi connectivity index (χ3v) is 8.51. The van der Waals surface area contributed by atoms with Gasteiger partial charge < -0.3 is 20.8 Å². The molecule has 0 heterocycles. The Labute approximate surface area is 293 Å². The van der Waals surface area contributed by atoms with Gasteiger partial charge >= 0.3 is 18.0 Å². The predicted molar refractivity (Wildman–Crippen MR) is 192 cm³/mol. The van der Waals surface area contributed by atoms with Crippen molar-refractivity contribution in [2.75, 3.05) is 21.5 Å². The van der Waals surface area contributed by atoms with Crippen LogP contribution in [0.1, 0.15) is 52.6 Å². The minimum absolute atomic E-state index is 0.00546. The fourth-order valence-electron chi connectivity index (χ4n) is 5.09. The molecule has 0 saturated carbocycles. The first-order chi connectivity index (χ1) is 24.8. The fourth-order valence-corrected chi connectivity index (χ4v) is 5.75. The first kappa shape index (κ1) is 34.6. The van der Waals surface area contributed by atoms with Gasteiger partial charge in [0.2, 0.25) is 11.6 Å². The Balaban J connectivity index is 1.14. The number of nitrogens with zero attached hydrogens (tertiary/aromatic N) is 2. The molecule has 0 radical (unpaired) electrons. The van der Waals surface area contributed by atoms with Crippen LogP contribution in [0, 0.1) is 0 Å². The van der Waals surface area contributed by atoms with Crippen LogP contribution in [0.2, 0.25) is 0 Å². The molecule has 0 spiro atoms. The Morgan fingerprint density at radius 1 is 0.596 bits per heavy atom. The fraction of sp³-hybridized carbons (Fsp3) is 0. The SMILES string of the molecule is O=C(Nc1ccc2c(c1)C=C/C(=N/Nc1ccc(C(=O)O)cc1)C2=O)Nc1ccc2c(c1)C=C(S(=O)(=O)O)/C(=N/Nc1ccc(C(=O)O)cc1)C2=O. The smallest absolute Gasteiger partial charge is 0.335 e. The average Bonchev–Trinajstić information content (AvgIpc) is 3.10. The number of rotatable bonds is 9. The average molecular weight is 721 g/mol. The Bertz CT molecular complexity index is 2430. The number of aromatic carboxylic acids is 2. The number of hydrogen-bond acceptors (Lipinski definition) is 11. The predicted octanol–water partition coefficient (Wildman–Crippen LogP) is 5.30. The summed E-state index contributed by atoms with van der Waals surface area (Å²) < 4.78 is 34.4. The molecule has 0 unspecified atom stereocenters. The minimum Gasteiger partial charge on any atom is -0.478 e. The molecule has 0 bridgehead atoms. The molecule has 2 amide bonds. The number of ketones is 2. The summed E-state index contributed by atoms with van der Waals surface area (Å²) in [7, 11) is -4.95. The molecule has 2 aliphatic rings. The van der Waals surface area contributed by atoms with Gasteiger partial charge in [-0.3, -0.25) is 25.0 Å². The molecule has 52 heavy (non-hydrogen) atoms. The lowest BCUT2D eigenvalue weighted by Gasteiger charge is -2.17. The summed E-state index contributed by atoms with van der Waals surface area (Å²) in [6.07, 6.45) is 4.15. The second kappa shape index (κ2) is 13.9. The van der Waals surface area contributed by atoms with Crippen molar-refractivity contribution in [3.63, 3.8) is 0 Å². The Morgan fingerprint density at radius 3 is 1.60 bits per heavy atom. The zero-order chi connectivity index (χ0) is 37.2. The normalized spacial score (nSPS) is 15.0. The first-order valence-corrected chi connectivity index (χ1v) is 16.4. The number of allylic oxidation sites excluding steroid dienone is 2. The Morgan fingerprint density at radius 2 is 1.08 bits per heavy atom. The van der Waals surface area contributed by atoms with E-state index in [9.17, 15) is 36.9 Å². The van der Waals surface area contributed by atoms with Gasteiger partial charge in [-0.05, 0) is 108 Å². The number of benzene rings is 4. The molecule has 6 rings (SSSR count). The van der Waals surface area contributed by atoms with E-state index in [1.807, 2.05) is 0 Å². The van der Waals surface area contributed by atoms with E-state index in [0.717, 1.165) is 6.08 Å². The van der Waals surface area contributed by atoms with Gasteiger partial charge in [0.1, 0.15) is 10.6 Å². The summed E-state index contributed by atoms with van der Waals surface area (Å²) in [6, 6.07) is 19.0. The van der Waals surface area contributed by atoms with Gasteiger partial charge in [-0.25, -0.2) is 14.4 Å². The highest BCUT2D eigenvalue weighted by Gasteiger charge is 2.33. The summed E-state index contributed by atoms with van der Waals surface area (Å²) >= 11 is 0. The first-order valence-electron chi connectivity index (χ1n) is 14.9. The Hall–Kier alpha value is -7.24. The molecule has 0 aliphatic heterocycles. The molecule has 0 atom stereocenters. The largest absolute Gasteiger partial charge is 0.478 e. The standard InChI is InChI=1S/C35H24N6O10S/c42-31-26-12-10-24(15-20(26)5-14-28(31)40-38-22-6-1-18(2-7-22)33(44)45)36-35(48)37-25-11-13-27-21(16-25)17-29(52(49,50)51)30(32(27)43)41-39-23-8-3-19(4-9-23)34(46)47/h1-17,38-39H,(H,44,45)(H,46,47)(H2,36,37,48)(H,49,50,51)/b40-28-,41-30-. The topological polar surface area (TPSA) is 253 Å². The van der Waals surface area contributed by atoms with E-state index in [1.165, 1.54) is 84.9 Å². The van der Waals surface area contributed by atoms with E-state index in [2.05, 4.69) is 31.7 Å². The number of carbonyl (C=O) groups is 5. The number of Topliss-reactive ketones (excluding diaryl/α,β-unsaturated/α-hetero) is 2. The molecule has 16 nitrogen and oxygen atoms in total. The van der Waals surface area contributed by atoms with E-state index >= 15 is 0 Å². The van der Waals surface area contributed by atoms with Gasteiger partial charge in [0.15, 0.2) is 5.71 Å². The number of carboxylic acid groups (broad SMARTS) is 2. The molecular formula is C35H24N6O10S. The number of urea groups is 1. The molecule has 4 aromatic rings. The lowest BCUT2D eigenvalue weighted by Crippen LogP contribution is -2.27. The van der Waals surface area contributed by atoms with Crippen LogP contribution < -0.4 is 21.5 Å². The summed E-state index contributed by atoms with van der Waals surface area (Å²) in [6.45, 7) is 0. The van der Waals surface area contributed by atoms with Crippen LogP contribution in [-0.2, 0) is 10.1 Å². The molecule has 0 fully saturated rings. The lowest BCUT2D eigenvalue weighted by atomic mass is 9.94. The van der Waals surface area contributed by atoms with Crippen LogP contribution in [0.25, 0.3) is 12.2 Å². The van der Waals surface area contributed by atoms with Crippen molar-refractivity contribution in [1.82, 2.24) is 0 Å². The summed E-state index contributed by atoms with van der Waals surface area (Å²) in [5, 5.41) is 31.3. The van der Waals surface area contributed by atoms with Crippen LogP contribution in [-0.4, -0.2) is 64.1 Å². The van der Waals surface area contributed by atoms with E-state index in [1.54, 1.807) is 12.1 Å². The molecule has 0 aromatic heterocycles. The molecule has 17 heteroatoms. The van der Waals surface area contributed by atoms with E-state index < -0.39 is 44.5 Å².